The maximum Gasteiger partial charge on any atom is 0.310 e. The van der Waals surface area contributed by atoms with E-state index < -0.39 is 0 Å². The number of nitrogens with zero attached hydrogens (tertiary/aromatic N) is 4. The molecule has 0 aliphatic carbocycles. The number of hydrogen-bond donors (Lipinski definition) is 1. The fraction of sp³-hybridized carbons (Fsp3) is 0.667. The third-order valence-corrected chi connectivity index (χ3v) is 2.94. The smallest absolute Gasteiger partial charge is 0.310 e. The lowest BCUT2D eigenvalue weighted by atomic mass is 9.99. The molecule has 1 fully saturated rings. The van der Waals surface area contributed by atoms with E-state index in [1.807, 2.05) is 6.92 Å². The quantitative estimate of drug-likeness (QED) is 0.670. The van der Waals surface area contributed by atoms with Crippen molar-refractivity contribution >= 4 is 11.9 Å². The van der Waals surface area contributed by atoms with Gasteiger partial charge in [-0.1, -0.05) is 6.92 Å². The molecule has 0 bridgehead atoms. The van der Waals surface area contributed by atoms with Crippen molar-refractivity contribution in [3.05, 3.63) is 5.82 Å². The van der Waals surface area contributed by atoms with Crippen LogP contribution in [0.1, 0.15) is 17.5 Å². The first-order valence-corrected chi connectivity index (χ1v) is 5.24. The number of aromatic amines is 1. The van der Waals surface area contributed by atoms with Gasteiger partial charge in [0.2, 0.25) is 0 Å². The summed E-state index contributed by atoms with van der Waals surface area (Å²) in [6.07, 6.45) is 0. The maximum atomic E-state index is 11.9. The van der Waals surface area contributed by atoms with Gasteiger partial charge in [0.05, 0.1) is 13.0 Å². The van der Waals surface area contributed by atoms with Gasteiger partial charge >= 0.3 is 5.97 Å². The number of likely N-dealkylation sites (tertiary alicyclic amines) is 1. The molecule has 17 heavy (non-hydrogen) atoms. The number of methoxy groups -OCH3 is 1. The molecule has 1 saturated heterocycles. The van der Waals surface area contributed by atoms with Crippen LogP contribution in [0.25, 0.3) is 0 Å². The lowest BCUT2D eigenvalue weighted by Gasteiger charge is -2.13. The molecule has 0 saturated carbocycles. The fourth-order valence-corrected chi connectivity index (χ4v) is 1.98. The zero-order valence-corrected chi connectivity index (χ0v) is 9.58. The van der Waals surface area contributed by atoms with E-state index >= 15 is 0 Å². The Balaban J connectivity index is 2.06. The first kappa shape index (κ1) is 11.5. The van der Waals surface area contributed by atoms with Crippen molar-refractivity contribution in [3.8, 4) is 0 Å². The number of H-pyrrole nitrogens is 1. The van der Waals surface area contributed by atoms with Gasteiger partial charge in [0.25, 0.3) is 11.7 Å². The van der Waals surface area contributed by atoms with Crippen LogP contribution in [0.3, 0.4) is 0 Å². The second-order valence-electron chi connectivity index (χ2n) is 4.05. The Bertz CT molecular complexity index is 418. The summed E-state index contributed by atoms with van der Waals surface area (Å²) in [5.74, 6) is -0.810. The Hall–Kier alpha value is -1.99. The van der Waals surface area contributed by atoms with Crippen molar-refractivity contribution in [3.63, 3.8) is 0 Å². The van der Waals surface area contributed by atoms with E-state index in [9.17, 15) is 9.59 Å². The summed E-state index contributed by atoms with van der Waals surface area (Å²) in [5.41, 5.74) is 0. The summed E-state index contributed by atoms with van der Waals surface area (Å²) in [6.45, 7) is 2.74. The summed E-state index contributed by atoms with van der Waals surface area (Å²) in [4.78, 5) is 24.9. The standard InChI is InChI=1S/C9H13N5O3/c1-5-3-14(4-6(5)9(16)17-2)8(15)7-10-12-13-11-7/h5-6H,3-4H2,1-2H3,(H,10,11,12,13). The molecule has 8 heteroatoms. The van der Waals surface area contributed by atoms with Gasteiger partial charge in [-0.25, -0.2) is 0 Å². The minimum atomic E-state index is -0.322. The molecule has 1 aromatic heterocycles. The van der Waals surface area contributed by atoms with Crippen LogP contribution in [0.2, 0.25) is 0 Å². The van der Waals surface area contributed by atoms with E-state index in [1.165, 1.54) is 12.0 Å². The van der Waals surface area contributed by atoms with Crippen molar-refractivity contribution < 1.29 is 14.3 Å². The van der Waals surface area contributed by atoms with Crippen molar-refractivity contribution in [1.29, 1.82) is 0 Å². The number of aromatic nitrogens is 4. The molecule has 1 N–H and O–H groups in total. The molecule has 1 aromatic rings. The number of tetrazole rings is 1. The summed E-state index contributed by atoms with van der Waals surface area (Å²) in [5, 5.41) is 12.8. The van der Waals surface area contributed by atoms with Gasteiger partial charge in [-0.3, -0.25) is 9.59 Å². The molecule has 1 aliphatic heterocycles. The zero-order chi connectivity index (χ0) is 12.4. The molecule has 0 aromatic carbocycles. The Labute approximate surface area is 97.3 Å². The summed E-state index contributed by atoms with van der Waals surface area (Å²) >= 11 is 0. The van der Waals surface area contributed by atoms with Crippen molar-refractivity contribution in [1.82, 2.24) is 25.5 Å². The van der Waals surface area contributed by atoms with Crippen molar-refractivity contribution in [2.45, 2.75) is 6.92 Å². The number of hydrogen-bond acceptors (Lipinski definition) is 6. The topological polar surface area (TPSA) is 101 Å². The van der Waals surface area contributed by atoms with Gasteiger partial charge in [-0.05, 0) is 11.1 Å². The number of nitrogens with one attached hydrogen (secondary N) is 1. The zero-order valence-electron chi connectivity index (χ0n) is 9.58. The molecule has 1 amide bonds. The minimum absolute atomic E-state index is 0.0164. The van der Waals surface area contributed by atoms with Gasteiger partial charge in [0.15, 0.2) is 0 Å². The number of amides is 1. The van der Waals surface area contributed by atoms with Crippen LogP contribution < -0.4 is 0 Å². The van der Waals surface area contributed by atoms with Crippen LogP contribution in [0, 0.1) is 11.8 Å². The second-order valence-corrected chi connectivity index (χ2v) is 4.05. The van der Waals surface area contributed by atoms with E-state index in [2.05, 4.69) is 20.6 Å². The van der Waals surface area contributed by atoms with Crippen LogP contribution >= 0.6 is 0 Å². The highest BCUT2D eigenvalue weighted by molar-refractivity contribution is 5.91. The molecule has 0 radical (unpaired) electrons. The molecule has 8 nitrogen and oxygen atoms in total. The van der Waals surface area contributed by atoms with Gasteiger partial charge < -0.3 is 9.64 Å². The summed E-state index contributed by atoms with van der Waals surface area (Å²) in [7, 11) is 1.35. The Morgan fingerprint density at radius 3 is 2.82 bits per heavy atom. The highest BCUT2D eigenvalue weighted by Crippen LogP contribution is 2.24. The molecule has 1 aliphatic rings. The number of carbonyl (C=O) groups is 2. The van der Waals surface area contributed by atoms with E-state index in [0.29, 0.717) is 13.1 Å². The van der Waals surface area contributed by atoms with Crippen LogP contribution in [0.5, 0.6) is 0 Å². The Morgan fingerprint density at radius 2 is 2.24 bits per heavy atom. The van der Waals surface area contributed by atoms with Gasteiger partial charge in [-0.15, -0.1) is 10.2 Å². The monoisotopic (exact) mass is 239 g/mol. The Kier molecular flexibility index (Phi) is 3.03. The number of ether oxygens (including phenoxy) is 1. The van der Waals surface area contributed by atoms with Gasteiger partial charge in [0, 0.05) is 13.1 Å². The van der Waals surface area contributed by atoms with Crippen LogP contribution in [-0.2, 0) is 9.53 Å². The third kappa shape index (κ3) is 2.10. The fourth-order valence-electron chi connectivity index (χ4n) is 1.98. The third-order valence-electron chi connectivity index (χ3n) is 2.94. The van der Waals surface area contributed by atoms with Crippen molar-refractivity contribution in [2.75, 3.05) is 20.2 Å². The van der Waals surface area contributed by atoms with Crippen molar-refractivity contribution in [2.24, 2.45) is 11.8 Å². The molecule has 0 spiro atoms. The highest BCUT2D eigenvalue weighted by Gasteiger charge is 2.38. The normalized spacial score (nSPS) is 23.8. The van der Waals surface area contributed by atoms with Gasteiger partial charge in [0.1, 0.15) is 0 Å². The molecule has 2 unspecified atom stereocenters. The summed E-state index contributed by atoms with van der Waals surface area (Å²) < 4.78 is 4.70. The number of rotatable bonds is 2. The average Bonchev–Trinajstić information content (AvgIpc) is 2.96. The second kappa shape index (κ2) is 4.48. The molecule has 2 atom stereocenters. The molecule has 92 valence electrons. The van der Waals surface area contributed by atoms with E-state index in [1.54, 1.807) is 0 Å². The average molecular weight is 239 g/mol. The van der Waals surface area contributed by atoms with Gasteiger partial charge in [-0.2, -0.15) is 5.21 Å². The van der Waals surface area contributed by atoms with Crippen LogP contribution in [-0.4, -0.2) is 57.6 Å². The van der Waals surface area contributed by atoms with E-state index in [4.69, 9.17) is 4.74 Å². The van der Waals surface area contributed by atoms with E-state index in [0.717, 1.165) is 0 Å². The maximum absolute atomic E-state index is 11.9. The predicted molar refractivity (Wildman–Crippen MR) is 54.8 cm³/mol. The lowest BCUT2D eigenvalue weighted by molar-refractivity contribution is -0.146. The Morgan fingerprint density at radius 1 is 1.47 bits per heavy atom. The number of carbonyl (C=O) groups excluding carboxylic acids is 2. The molecule has 2 heterocycles. The molecular formula is C9H13N5O3. The highest BCUT2D eigenvalue weighted by atomic mass is 16.5. The molecular weight excluding hydrogens is 226 g/mol. The van der Waals surface area contributed by atoms with Crippen LogP contribution in [0.15, 0.2) is 0 Å². The molecule has 2 rings (SSSR count). The number of esters is 1. The first-order chi connectivity index (χ1) is 8.13. The summed E-state index contributed by atoms with van der Waals surface area (Å²) in [6, 6.07) is 0. The largest absolute Gasteiger partial charge is 0.469 e. The van der Waals surface area contributed by atoms with E-state index in [-0.39, 0.29) is 29.5 Å². The minimum Gasteiger partial charge on any atom is -0.469 e. The lowest BCUT2D eigenvalue weighted by Crippen LogP contribution is -2.31. The first-order valence-electron chi connectivity index (χ1n) is 5.24. The van der Waals surface area contributed by atoms with Crippen LogP contribution in [0.4, 0.5) is 0 Å². The predicted octanol–water partition coefficient (Wildman–Crippen LogP) is -0.919. The SMILES string of the molecule is COC(=O)C1CN(C(=O)c2nn[nH]n2)CC1C.